The number of nitrogens with zero attached hydrogens (tertiary/aromatic N) is 2. The summed E-state index contributed by atoms with van der Waals surface area (Å²) in [5.74, 6) is -0.494. The summed E-state index contributed by atoms with van der Waals surface area (Å²) in [6.45, 7) is 0. The molecule has 0 unspecified atom stereocenters. The zero-order valence-corrected chi connectivity index (χ0v) is 18.9. The highest BCUT2D eigenvalue weighted by Gasteiger charge is 2.27. The molecule has 1 aliphatic rings. The molecule has 1 aliphatic carbocycles. The molecule has 172 valence electrons. The molecule has 10 heteroatoms. The number of ether oxygens (including phenoxy) is 1. The van der Waals surface area contributed by atoms with Gasteiger partial charge in [0.25, 0.3) is 11.6 Å². The lowest BCUT2D eigenvalue weighted by molar-refractivity contribution is -0.384. The number of amides is 1. The van der Waals surface area contributed by atoms with Gasteiger partial charge in [0.15, 0.2) is 0 Å². The fourth-order valence-electron chi connectivity index (χ4n) is 3.77. The molecule has 2 aromatic heterocycles. The number of thiophene rings is 1. The van der Waals surface area contributed by atoms with E-state index in [0.29, 0.717) is 21.9 Å². The van der Waals surface area contributed by atoms with E-state index in [1.165, 1.54) is 36.7 Å². The maximum Gasteiger partial charge on any atom is 0.341 e. The van der Waals surface area contributed by atoms with Crippen LogP contribution in [0.25, 0.3) is 17.4 Å². The van der Waals surface area contributed by atoms with Gasteiger partial charge in [0.05, 0.1) is 17.6 Å². The average Bonchev–Trinajstić information content (AvgIpc) is 3.46. The maximum atomic E-state index is 12.8. The number of rotatable bonds is 6. The summed E-state index contributed by atoms with van der Waals surface area (Å²) in [5.41, 5.74) is 1.62. The molecule has 2 heterocycles. The second-order valence-electron chi connectivity index (χ2n) is 7.54. The highest BCUT2D eigenvalue weighted by molar-refractivity contribution is 7.17. The number of carbonyl (C=O) groups excluding carboxylic acids is 2. The Morgan fingerprint density at radius 3 is 2.62 bits per heavy atom. The van der Waals surface area contributed by atoms with Gasteiger partial charge in [0.2, 0.25) is 0 Å². The molecule has 1 amide bonds. The zero-order chi connectivity index (χ0) is 24.2. The SMILES string of the molecule is COC(=O)c1c(NC(=O)/C(C#N)=C/c2ccc(-c3ccc([N+](=O)[O-])cc3)o2)sc2c1CCCC2. The molecular weight excluding hydrogens is 458 g/mol. The molecule has 9 nitrogen and oxygen atoms in total. The summed E-state index contributed by atoms with van der Waals surface area (Å²) in [6.07, 6.45) is 4.85. The third-order valence-corrected chi connectivity index (χ3v) is 6.64. The van der Waals surface area contributed by atoms with Crippen LogP contribution in [0.4, 0.5) is 10.7 Å². The quantitative estimate of drug-likeness (QED) is 0.171. The average molecular weight is 477 g/mol. The van der Waals surface area contributed by atoms with Crippen LogP contribution in [0.1, 0.15) is 39.4 Å². The van der Waals surface area contributed by atoms with Crippen LogP contribution in [0.3, 0.4) is 0 Å². The van der Waals surface area contributed by atoms with Gasteiger partial charge >= 0.3 is 5.97 Å². The van der Waals surface area contributed by atoms with Gasteiger partial charge in [-0.25, -0.2) is 4.79 Å². The predicted octanol–water partition coefficient (Wildman–Crippen LogP) is 5.13. The Morgan fingerprint density at radius 1 is 1.21 bits per heavy atom. The molecule has 34 heavy (non-hydrogen) atoms. The number of carbonyl (C=O) groups is 2. The van der Waals surface area contributed by atoms with E-state index in [4.69, 9.17) is 9.15 Å². The number of aryl methyl sites for hydroxylation is 1. The Kier molecular flexibility index (Phi) is 6.56. The van der Waals surface area contributed by atoms with Gasteiger partial charge in [-0.1, -0.05) is 0 Å². The third-order valence-electron chi connectivity index (χ3n) is 5.43. The summed E-state index contributed by atoms with van der Waals surface area (Å²) in [6, 6.07) is 10.9. The number of nitro benzene ring substituents is 1. The van der Waals surface area contributed by atoms with Crippen LogP contribution in [0.2, 0.25) is 0 Å². The number of non-ortho nitro benzene ring substituents is 1. The van der Waals surface area contributed by atoms with Gasteiger partial charge in [-0.2, -0.15) is 5.26 Å². The molecule has 4 rings (SSSR count). The number of methoxy groups -OCH3 is 1. The first-order valence-corrected chi connectivity index (χ1v) is 11.2. The van der Waals surface area contributed by atoms with Crippen LogP contribution in [-0.4, -0.2) is 23.9 Å². The van der Waals surface area contributed by atoms with E-state index in [1.807, 2.05) is 6.07 Å². The second-order valence-corrected chi connectivity index (χ2v) is 8.64. The molecule has 0 radical (unpaired) electrons. The van der Waals surface area contributed by atoms with E-state index in [-0.39, 0.29) is 17.0 Å². The number of fused-ring (bicyclic) bond motifs is 1. The van der Waals surface area contributed by atoms with Gasteiger partial charge in [0, 0.05) is 28.6 Å². The Balaban J connectivity index is 1.57. The number of benzene rings is 1. The number of hydrogen-bond donors (Lipinski definition) is 1. The summed E-state index contributed by atoms with van der Waals surface area (Å²) >= 11 is 1.33. The standard InChI is InChI=1S/C24H19N3O6S/c1-32-24(29)21-18-4-2-3-5-20(18)34-23(21)26-22(28)15(13-25)12-17-10-11-19(33-17)14-6-8-16(9-7-14)27(30)31/h6-12H,2-5H2,1H3,(H,26,28)/b15-12+. The van der Waals surface area contributed by atoms with Gasteiger partial charge in [-0.05, 0) is 55.5 Å². The highest BCUT2D eigenvalue weighted by Crippen LogP contribution is 2.38. The third kappa shape index (κ3) is 4.60. The molecule has 0 atom stereocenters. The minimum atomic E-state index is -0.667. The normalized spacial score (nSPS) is 13.0. The van der Waals surface area contributed by atoms with Crippen molar-refractivity contribution in [2.24, 2.45) is 0 Å². The number of furan rings is 1. The molecule has 3 aromatic rings. The maximum absolute atomic E-state index is 12.8. The summed E-state index contributed by atoms with van der Waals surface area (Å²) in [5, 5.41) is 23.4. The van der Waals surface area contributed by atoms with E-state index in [0.717, 1.165) is 36.1 Å². The minimum absolute atomic E-state index is 0.0413. The zero-order valence-electron chi connectivity index (χ0n) is 18.1. The van der Waals surface area contributed by atoms with E-state index in [9.17, 15) is 25.0 Å². The molecule has 0 bridgehead atoms. The first kappa shape index (κ1) is 22.9. The molecule has 0 saturated carbocycles. The topological polar surface area (TPSA) is 135 Å². The predicted molar refractivity (Wildman–Crippen MR) is 125 cm³/mol. The Morgan fingerprint density at radius 2 is 1.94 bits per heavy atom. The van der Waals surface area contributed by atoms with Crippen molar-refractivity contribution in [3.63, 3.8) is 0 Å². The Hall–Kier alpha value is -4.23. The van der Waals surface area contributed by atoms with Crippen molar-refractivity contribution in [3.8, 4) is 17.4 Å². The van der Waals surface area contributed by atoms with Crippen molar-refractivity contribution in [1.82, 2.24) is 0 Å². The van der Waals surface area contributed by atoms with E-state index in [2.05, 4.69) is 5.32 Å². The van der Waals surface area contributed by atoms with Crippen molar-refractivity contribution in [3.05, 3.63) is 73.8 Å². The first-order valence-electron chi connectivity index (χ1n) is 10.4. The van der Waals surface area contributed by atoms with Crippen LogP contribution in [0.15, 0.2) is 46.4 Å². The fraction of sp³-hybridized carbons (Fsp3) is 0.208. The van der Waals surface area contributed by atoms with Gasteiger partial charge in [0.1, 0.15) is 28.2 Å². The molecule has 1 N–H and O–H groups in total. The summed E-state index contributed by atoms with van der Waals surface area (Å²) < 4.78 is 10.6. The van der Waals surface area contributed by atoms with Crippen LogP contribution in [0.5, 0.6) is 0 Å². The lowest BCUT2D eigenvalue weighted by atomic mass is 9.95. The molecule has 0 fully saturated rings. The van der Waals surface area contributed by atoms with Crippen molar-refractivity contribution in [2.75, 3.05) is 12.4 Å². The van der Waals surface area contributed by atoms with Crippen LogP contribution < -0.4 is 5.32 Å². The van der Waals surface area contributed by atoms with E-state index >= 15 is 0 Å². The van der Waals surface area contributed by atoms with Gasteiger partial charge in [-0.3, -0.25) is 14.9 Å². The second kappa shape index (κ2) is 9.72. The first-order chi connectivity index (χ1) is 16.4. The monoisotopic (exact) mass is 477 g/mol. The largest absolute Gasteiger partial charge is 0.465 e. The Labute approximate surface area is 198 Å². The lowest BCUT2D eigenvalue weighted by Gasteiger charge is -2.11. The van der Waals surface area contributed by atoms with E-state index in [1.54, 1.807) is 24.3 Å². The van der Waals surface area contributed by atoms with Crippen molar-refractivity contribution >= 4 is 40.0 Å². The lowest BCUT2D eigenvalue weighted by Crippen LogP contribution is -2.16. The Bertz CT molecular complexity index is 1340. The van der Waals surface area contributed by atoms with Crippen molar-refractivity contribution in [2.45, 2.75) is 25.7 Å². The van der Waals surface area contributed by atoms with Crippen molar-refractivity contribution < 1.29 is 23.7 Å². The molecule has 0 saturated heterocycles. The molecule has 0 aliphatic heterocycles. The van der Waals surface area contributed by atoms with Gasteiger partial charge in [-0.15, -0.1) is 11.3 Å². The summed E-state index contributed by atoms with van der Waals surface area (Å²) in [4.78, 5) is 36.6. The number of nitriles is 1. The molecular formula is C24H19N3O6S. The smallest absolute Gasteiger partial charge is 0.341 e. The number of nitro groups is 1. The highest BCUT2D eigenvalue weighted by atomic mass is 32.1. The number of hydrogen-bond acceptors (Lipinski definition) is 8. The number of anilines is 1. The van der Waals surface area contributed by atoms with Crippen LogP contribution in [-0.2, 0) is 22.4 Å². The molecule has 1 aromatic carbocycles. The summed E-state index contributed by atoms with van der Waals surface area (Å²) in [7, 11) is 1.29. The van der Waals surface area contributed by atoms with E-state index < -0.39 is 16.8 Å². The van der Waals surface area contributed by atoms with Crippen LogP contribution >= 0.6 is 11.3 Å². The fourth-order valence-corrected chi connectivity index (χ4v) is 5.04. The number of esters is 1. The molecule has 0 spiro atoms. The van der Waals surface area contributed by atoms with Crippen LogP contribution in [0, 0.1) is 21.4 Å². The van der Waals surface area contributed by atoms with Crippen molar-refractivity contribution in [1.29, 1.82) is 5.26 Å². The van der Waals surface area contributed by atoms with Gasteiger partial charge < -0.3 is 14.5 Å². The number of nitrogens with one attached hydrogen (secondary N) is 1. The minimum Gasteiger partial charge on any atom is -0.465 e.